The summed E-state index contributed by atoms with van der Waals surface area (Å²) in [6.07, 6.45) is 3.33. The van der Waals surface area contributed by atoms with Gasteiger partial charge in [-0.25, -0.2) is 9.37 Å². The second-order valence-corrected chi connectivity index (χ2v) is 7.96. The van der Waals surface area contributed by atoms with Crippen molar-refractivity contribution in [3.8, 4) is 5.69 Å². The van der Waals surface area contributed by atoms with Crippen LogP contribution in [-0.2, 0) is 24.4 Å². The van der Waals surface area contributed by atoms with Crippen LogP contribution in [0.1, 0.15) is 17.0 Å². The summed E-state index contributed by atoms with van der Waals surface area (Å²) in [7, 11) is 0. The van der Waals surface area contributed by atoms with Crippen molar-refractivity contribution in [1.82, 2.24) is 29.6 Å². The number of halogens is 1. The maximum atomic E-state index is 15.2. The molecule has 34 heavy (non-hydrogen) atoms. The molecule has 5 N–H and O–H groups in total. The molecule has 1 aliphatic heterocycles. The van der Waals surface area contributed by atoms with Crippen molar-refractivity contribution in [3.63, 3.8) is 0 Å². The van der Waals surface area contributed by atoms with Crippen LogP contribution in [0.15, 0.2) is 35.5 Å². The summed E-state index contributed by atoms with van der Waals surface area (Å²) >= 11 is 0. The molecular formula is C22H21FN8O3. The molecule has 0 aliphatic carbocycles. The zero-order valence-electron chi connectivity index (χ0n) is 18.2. The first-order valence-corrected chi connectivity index (χ1v) is 10.5. The molecule has 0 spiro atoms. The normalized spacial score (nSPS) is 13.4. The molecule has 0 saturated heterocycles. The number of hydrogen-bond donors (Lipinski definition) is 4. The van der Waals surface area contributed by atoms with Crippen LogP contribution in [0.2, 0.25) is 0 Å². The quantitative estimate of drug-likeness (QED) is 0.325. The highest BCUT2D eigenvalue weighted by Gasteiger charge is 2.18. The molecule has 0 saturated carbocycles. The Labute approximate surface area is 192 Å². The number of rotatable bonds is 4. The van der Waals surface area contributed by atoms with Gasteiger partial charge in [0.1, 0.15) is 18.7 Å². The Morgan fingerprint density at radius 2 is 2.06 bits per heavy atom. The third kappa shape index (κ3) is 3.63. The zero-order chi connectivity index (χ0) is 24.0. The Morgan fingerprint density at radius 1 is 1.24 bits per heavy atom. The number of anilines is 3. The summed E-state index contributed by atoms with van der Waals surface area (Å²) in [6.45, 7) is 1.77. The topological polar surface area (TPSA) is 153 Å². The number of aromatic nitrogens is 5. The number of hydrogen-bond acceptors (Lipinski definition) is 8. The van der Waals surface area contributed by atoms with Gasteiger partial charge in [-0.1, -0.05) is 0 Å². The Balaban J connectivity index is 1.55. The highest BCUT2D eigenvalue weighted by atomic mass is 19.1. The molecule has 4 heterocycles. The highest BCUT2D eigenvalue weighted by molar-refractivity contribution is 5.96. The van der Waals surface area contributed by atoms with Crippen molar-refractivity contribution in [2.45, 2.75) is 26.5 Å². The first-order chi connectivity index (χ1) is 16.4. The lowest BCUT2D eigenvalue weighted by molar-refractivity contribution is -0.121. The molecule has 0 unspecified atom stereocenters. The van der Waals surface area contributed by atoms with Crippen LogP contribution < -0.4 is 21.9 Å². The van der Waals surface area contributed by atoms with Gasteiger partial charge >= 0.3 is 0 Å². The van der Waals surface area contributed by atoms with E-state index in [2.05, 4.69) is 25.7 Å². The minimum Gasteiger partial charge on any atom is -0.396 e. The fourth-order valence-electron chi connectivity index (χ4n) is 4.03. The van der Waals surface area contributed by atoms with E-state index in [9.17, 15) is 14.7 Å². The number of aliphatic hydroxyl groups excluding tert-OH is 1. The lowest BCUT2D eigenvalue weighted by Crippen LogP contribution is -2.25. The van der Waals surface area contributed by atoms with Crippen LogP contribution in [0.4, 0.5) is 21.7 Å². The lowest BCUT2D eigenvalue weighted by atomic mass is 10.1. The SMILES string of the molecule is Cc1c(CO)c(=O)ncn1-c1cc2cc(Nc3cc4n(n3)CC(=O)NCC4)ncc2c(N)c1F. The van der Waals surface area contributed by atoms with Crippen molar-refractivity contribution in [3.05, 3.63) is 63.8 Å². The molecule has 1 aliphatic rings. The zero-order valence-corrected chi connectivity index (χ0v) is 18.2. The van der Waals surface area contributed by atoms with E-state index in [1.54, 1.807) is 23.7 Å². The van der Waals surface area contributed by atoms with Crippen molar-refractivity contribution in [2.24, 2.45) is 0 Å². The third-order valence-electron chi connectivity index (χ3n) is 5.86. The van der Waals surface area contributed by atoms with E-state index in [1.807, 2.05) is 6.07 Å². The number of carbonyl (C=O) groups excluding carboxylic acids is 1. The molecule has 5 rings (SSSR count). The maximum Gasteiger partial charge on any atom is 0.278 e. The van der Waals surface area contributed by atoms with Gasteiger partial charge in [-0.15, -0.1) is 0 Å². The van der Waals surface area contributed by atoms with Gasteiger partial charge in [0.15, 0.2) is 11.6 Å². The van der Waals surface area contributed by atoms with Gasteiger partial charge in [-0.05, 0) is 24.4 Å². The summed E-state index contributed by atoms with van der Waals surface area (Å²) in [5.41, 5.74) is 6.83. The van der Waals surface area contributed by atoms with Crippen LogP contribution in [0, 0.1) is 12.7 Å². The van der Waals surface area contributed by atoms with Crippen LogP contribution in [0.25, 0.3) is 16.5 Å². The van der Waals surface area contributed by atoms with E-state index < -0.39 is 18.0 Å². The molecule has 174 valence electrons. The average Bonchev–Trinajstić information content (AvgIpc) is 3.08. The molecular weight excluding hydrogens is 443 g/mol. The summed E-state index contributed by atoms with van der Waals surface area (Å²) in [4.78, 5) is 31.7. The molecule has 11 nitrogen and oxygen atoms in total. The minimum absolute atomic E-state index is 0.0749. The van der Waals surface area contributed by atoms with Crippen molar-refractivity contribution in [2.75, 3.05) is 17.6 Å². The van der Waals surface area contributed by atoms with Gasteiger partial charge < -0.3 is 26.0 Å². The second kappa shape index (κ2) is 8.23. The van der Waals surface area contributed by atoms with Gasteiger partial charge in [0.2, 0.25) is 5.91 Å². The van der Waals surface area contributed by atoms with Crippen molar-refractivity contribution < 1.29 is 14.3 Å². The number of nitrogens with one attached hydrogen (secondary N) is 2. The predicted octanol–water partition coefficient (Wildman–Crippen LogP) is 0.915. The minimum atomic E-state index is -0.691. The predicted molar refractivity (Wildman–Crippen MR) is 122 cm³/mol. The smallest absolute Gasteiger partial charge is 0.278 e. The Kier molecular flexibility index (Phi) is 5.21. The molecule has 3 aromatic heterocycles. The number of nitrogens with two attached hydrogens (primary N) is 1. The number of amides is 1. The molecule has 1 amide bonds. The summed E-state index contributed by atoms with van der Waals surface area (Å²) in [6, 6.07) is 5.12. The number of aliphatic hydroxyl groups is 1. The molecule has 1 aromatic carbocycles. The number of nitrogens with zero attached hydrogens (tertiary/aromatic N) is 5. The number of nitrogen functional groups attached to an aromatic ring is 1. The number of fused-ring (bicyclic) bond motifs is 2. The fraction of sp³-hybridized carbons (Fsp3) is 0.227. The molecule has 0 bridgehead atoms. The van der Waals surface area contributed by atoms with E-state index in [0.717, 1.165) is 5.69 Å². The third-order valence-corrected chi connectivity index (χ3v) is 5.86. The van der Waals surface area contributed by atoms with Crippen LogP contribution in [0.3, 0.4) is 0 Å². The van der Waals surface area contributed by atoms with E-state index in [0.29, 0.717) is 41.1 Å². The Hall–Kier alpha value is -4.32. The summed E-state index contributed by atoms with van der Waals surface area (Å²) in [5.74, 6) is 0.190. The molecule has 4 aromatic rings. The molecule has 12 heteroatoms. The van der Waals surface area contributed by atoms with Crippen LogP contribution >= 0.6 is 0 Å². The van der Waals surface area contributed by atoms with E-state index >= 15 is 4.39 Å². The number of pyridine rings is 1. The second-order valence-electron chi connectivity index (χ2n) is 7.96. The average molecular weight is 464 g/mol. The van der Waals surface area contributed by atoms with Crippen molar-refractivity contribution in [1.29, 1.82) is 0 Å². The van der Waals surface area contributed by atoms with Crippen LogP contribution in [-0.4, -0.2) is 41.9 Å². The van der Waals surface area contributed by atoms with Crippen LogP contribution in [0.5, 0.6) is 0 Å². The number of carbonyl (C=O) groups is 1. The highest BCUT2D eigenvalue weighted by Crippen LogP contribution is 2.31. The summed E-state index contributed by atoms with van der Waals surface area (Å²) < 4.78 is 18.2. The van der Waals surface area contributed by atoms with Gasteiger partial charge in [0.05, 0.1) is 23.5 Å². The Morgan fingerprint density at radius 3 is 2.85 bits per heavy atom. The van der Waals surface area contributed by atoms with E-state index in [1.165, 1.54) is 17.1 Å². The largest absolute Gasteiger partial charge is 0.396 e. The van der Waals surface area contributed by atoms with E-state index in [4.69, 9.17) is 5.73 Å². The fourth-order valence-corrected chi connectivity index (χ4v) is 4.03. The Bertz CT molecular complexity index is 1510. The van der Waals surface area contributed by atoms with Gasteiger partial charge in [-0.2, -0.15) is 10.1 Å². The first-order valence-electron chi connectivity index (χ1n) is 10.5. The van der Waals surface area contributed by atoms with Gasteiger partial charge in [-0.3, -0.25) is 14.3 Å². The first kappa shape index (κ1) is 21.5. The molecule has 0 fully saturated rings. The monoisotopic (exact) mass is 464 g/mol. The molecule has 0 atom stereocenters. The lowest BCUT2D eigenvalue weighted by Gasteiger charge is -2.16. The standard InChI is InChI=1S/C22H21FN8O3/c1-11-15(9-32)22(34)27-10-30(11)16-4-12-5-17(26-7-14(12)21(24)20(16)23)28-18-6-13-2-3-25-19(33)8-31(13)29-18/h4-7,10,32H,2-3,8-9,24H2,1H3,(H,25,33)(H,26,28,29). The maximum absolute atomic E-state index is 15.2. The van der Waals surface area contributed by atoms with E-state index in [-0.39, 0.29) is 29.4 Å². The van der Waals surface area contributed by atoms with Crippen molar-refractivity contribution >= 4 is 34.0 Å². The van der Waals surface area contributed by atoms with Gasteiger partial charge in [0.25, 0.3) is 5.56 Å². The number of benzene rings is 1. The summed E-state index contributed by atoms with van der Waals surface area (Å²) in [5, 5.41) is 20.9. The van der Waals surface area contributed by atoms with Gasteiger partial charge in [0, 0.05) is 42.0 Å². The molecule has 0 radical (unpaired) electrons.